The van der Waals surface area contributed by atoms with E-state index >= 15 is 0 Å². The van der Waals surface area contributed by atoms with Crippen LogP contribution in [-0.4, -0.2) is 30.6 Å². The zero-order valence-electron chi connectivity index (χ0n) is 6.95. The van der Waals surface area contributed by atoms with Crippen LogP contribution in [0, 0.1) is 17.2 Å². The van der Waals surface area contributed by atoms with Crippen molar-refractivity contribution in [2.24, 2.45) is 11.7 Å². The second-order valence-corrected chi connectivity index (χ2v) is 3.45. The molecule has 1 aliphatic rings. The summed E-state index contributed by atoms with van der Waals surface area (Å²) in [5, 5.41) is 8.46. The molecule has 0 saturated carbocycles. The van der Waals surface area contributed by atoms with Gasteiger partial charge in [0, 0.05) is 19.1 Å². The van der Waals surface area contributed by atoms with Crippen LogP contribution in [-0.2, 0) is 0 Å². The molecule has 0 aromatic heterocycles. The number of nitriles is 1. The predicted molar refractivity (Wildman–Crippen MR) is 43.8 cm³/mol. The van der Waals surface area contributed by atoms with Gasteiger partial charge in [0.15, 0.2) is 0 Å². The van der Waals surface area contributed by atoms with E-state index in [-0.39, 0.29) is 6.04 Å². The molecule has 0 radical (unpaired) electrons. The van der Waals surface area contributed by atoms with Crippen LogP contribution in [0.4, 0.5) is 0 Å². The fourth-order valence-corrected chi connectivity index (χ4v) is 1.74. The summed E-state index contributed by atoms with van der Waals surface area (Å²) in [5.74, 6) is 0.645. The predicted octanol–water partition coefficient (Wildman–Crippen LogP) is 0.179. The lowest BCUT2D eigenvalue weighted by atomic mass is 9.97. The molecule has 1 aliphatic heterocycles. The van der Waals surface area contributed by atoms with E-state index < -0.39 is 0 Å². The van der Waals surface area contributed by atoms with Gasteiger partial charge in [-0.15, -0.1) is 0 Å². The Kier molecular flexibility index (Phi) is 2.86. The summed E-state index contributed by atoms with van der Waals surface area (Å²) < 4.78 is 0. The third kappa shape index (κ3) is 2.49. The maximum atomic E-state index is 8.46. The van der Waals surface area contributed by atoms with Crippen molar-refractivity contribution >= 4 is 0 Å². The molecule has 2 N–H and O–H groups in total. The first-order valence-corrected chi connectivity index (χ1v) is 4.07. The average Bonchev–Trinajstić information content (AvgIpc) is 1.85. The zero-order valence-corrected chi connectivity index (χ0v) is 6.95. The number of nitrogens with two attached hydrogens (primary N) is 1. The van der Waals surface area contributed by atoms with E-state index in [1.807, 2.05) is 0 Å². The summed E-state index contributed by atoms with van der Waals surface area (Å²) in [6.45, 7) is 4.63. The van der Waals surface area contributed by atoms with Gasteiger partial charge in [-0.2, -0.15) is 5.26 Å². The van der Waals surface area contributed by atoms with Crippen molar-refractivity contribution in [3.63, 3.8) is 0 Å². The molecule has 1 fully saturated rings. The molecule has 1 heterocycles. The molecular formula is C8H15N3. The Morgan fingerprint density at radius 3 is 2.91 bits per heavy atom. The summed E-state index contributed by atoms with van der Waals surface area (Å²) >= 11 is 0. The Labute approximate surface area is 67.8 Å². The maximum absolute atomic E-state index is 8.46. The van der Waals surface area contributed by atoms with Gasteiger partial charge in [-0.05, 0) is 12.3 Å². The molecule has 2 unspecified atom stereocenters. The highest BCUT2D eigenvalue weighted by Gasteiger charge is 2.21. The van der Waals surface area contributed by atoms with Crippen LogP contribution < -0.4 is 5.73 Å². The van der Waals surface area contributed by atoms with E-state index in [0.29, 0.717) is 12.5 Å². The van der Waals surface area contributed by atoms with E-state index in [9.17, 15) is 0 Å². The SMILES string of the molecule is CC1CC(N)CN(CC#N)C1. The lowest BCUT2D eigenvalue weighted by Crippen LogP contribution is -2.46. The Morgan fingerprint density at radius 1 is 1.64 bits per heavy atom. The van der Waals surface area contributed by atoms with Crippen molar-refractivity contribution in [2.75, 3.05) is 19.6 Å². The van der Waals surface area contributed by atoms with Gasteiger partial charge in [0.25, 0.3) is 0 Å². The number of hydrogen-bond donors (Lipinski definition) is 1. The van der Waals surface area contributed by atoms with Crippen LogP contribution in [0.25, 0.3) is 0 Å². The monoisotopic (exact) mass is 153 g/mol. The molecule has 2 atom stereocenters. The number of nitrogens with zero attached hydrogens (tertiary/aromatic N) is 2. The Balaban J connectivity index is 2.38. The molecule has 62 valence electrons. The fourth-order valence-electron chi connectivity index (χ4n) is 1.74. The minimum absolute atomic E-state index is 0.270. The van der Waals surface area contributed by atoms with Crippen LogP contribution in [0.5, 0.6) is 0 Å². The highest BCUT2D eigenvalue weighted by Crippen LogP contribution is 2.13. The molecule has 0 aromatic carbocycles. The Bertz CT molecular complexity index is 151. The number of likely N-dealkylation sites (tertiary alicyclic amines) is 1. The first kappa shape index (κ1) is 8.51. The first-order chi connectivity index (χ1) is 5.22. The third-order valence-electron chi connectivity index (χ3n) is 2.06. The summed E-state index contributed by atoms with van der Waals surface area (Å²) in [5.41, 5.74) is 5.79. The quantitative estimate of drug-likeness (QED) is 0.547. The number of rotatable bonds is 1. The maximum Gasteiger partial charge on any atom is 0.0866 e. The second-order valence-electron chi connectivity index (χ2n) is 3.45. The van der Waals surface area contributed by atoms with Crippen molar-refractivity contribution in [1.82, 2.24) is 4.90 Å². The molecule has 3 heteroatoms. The highest BCUT2D eigenvalue weighted by atomic mass is 15.1. The molecule has 11 heavy (non-hydrogen) atoms. The van der Waals surface area contributed by atoms with Crippen molar-refractivity contribution in [3.05, 3.63) is 0 Å². The largest absolute Gasteiger partial charge is 0.327 e. The summed E-state index contributed by atoms with van der Waals surface area (Å²) in [6, 6.07) is 2.42. The molecule has 1 saturated heterocycles. The van der Waals surface area contributed by atoms with Crippen LogP contribution in [0.1, 0.15) is 13.3 Å². The van der Waals surface area contributed by atoms with Gasteiger partial charge < -0.3 is 5.73 Å². The molecule has 0 spiro atoms. The molecule has 0 bridgehead atoms. The Hall–Kier alpha value is -0.590. The third-order valence-corrected chi connectivity index (χ3v) is 2.06. The highest BCUT2D eigenvalue weighted by molar-refractivity contribution is 4.84. The standard InChI is InChI=1S/C8H15N3/c1-7-4-8(10)6-11(5-7)3-2-9/h7-8H,3-6,10H2,1H3. The van der Waals surface area contributed by atoms with E-state index in [4.69, 9.17) is 11.0 Å². The smallest absolute Gasteiger partial charge is 0.0866 e. The molecule has 0 aliphatic carbocycles. The zero-order chi connectivity index (χ0) is 8.27. The van der Waals surface area contributed by atoms with Crippen molar-refractivity contribution in [2.45, 2.75) is 19.4 Å². The van der Waals surface area contributed by atoms with Gasteiger partial charge in [0.05, 0.1) is 12.6 Å². The fraction of sp³-hybridized carbons (Fsp3) is 0.875. The second kappa shape index (κ2) is 3.70. The molecule has 3 nitrogen and oxygen atoms in total. The molecule has 0 aromatic rings. The molecular weight excluding hydrogens is 138 g/mol. The van der Waals surface area contributed by atoms with Crippen molar-refractivity contribution in [1.29, 1.82) is 5.26 Å². The van der Waals surface area contributed by atoms with Gasteiger partial charge in [0.2, 0.25) is 0 Å². The minimum atomic E-state index is 0.270. The average molecular weight is 153 g/mol. The first-order valence-electron chi connectivity index (χ1n) is 4.07. The molecule has 1 rings (SSSR count). The lowest BCUT2D eigenvalue weighted by Gasteiger charge is -2.32. The topological polar surface area (TPSA) is 53.0 Å². The number of piperidine rings is 1. The summed E-state index contributed by atoms with van der Waals surface area (Å²) in [6.07, 6.45) is 1.10. The van der Waals surface area contributed by atoms with E-state index in [1.54, 1.807) is 0 Å². The van der Waals surface area contributed by atoms with Crippen LogP contribution >= 0.6 is 0 Å². The summed E-state index contributed by atoms with van der Waals surface area (Å²) in [7, 11) is 0. The van der Waals surface area contributed by atoms with Gasteiger partial charge in [-0.3, -0.25) is 4.90 Å². The number of hydrogen-bond acceptors (Lipinski definition) is 3. The lowest BCUT2D eigenvalue weighted by molar-refractivity contribution is 0.183. The summed E-state index contributed by atoms with van der Waals surface area (Å²) in [4.78, 5) is 2.12. The van der Waals surface area contributed by atoms with Crippen LogP contribution in [0.3, 0.4) is 0 Å². The minimum Gasteiger partial charge on any atom is -0.327 e. The van der Waals surface area contributed by atoms with E-state index in [1.165, 1.54) is 0 Å². The van der Waals surface area contributed by atoms with Gasteiger partial charge in [0.1, 0.15) is 0 Å². The molecule has 0 amide bonds. The van der Waals surface area contributed by atoms with Crippen molar-refractivity contribution < 1.29 is 0 Å². The van der Waals surface area contributed by atoms with Crippen molar-refractivity contribution in [3.8, 4) is 6.07 Å². The van der Waals surface area contributed by atoms with E-state index in [0.717, 1.165) is 19.5 Å². The Morgan fingerprint density at radius 2 is 2.36 bits per heavy atom. The van der Waals surface area contributed by atoms with Gasteiger partial charge in [-0.1, -0.05) is 6.92 Å². The van der Waals surface area contributed by atoms with Crippen LogP contribution in [0.2, 0.25) is 0 Å². The van der Waals surface area contributed by atoms with Gasteiger partial charge >= 0.3 is 0 Å². The van der Waals surface area contributed by atoms with Crippen LogP contribution in [0.15, 0.2) is 0 Å². The normalized spacial score (nSPS) is 33.2. The van der Waals surface area contributed by atoms with E-state index in [2.05, 4.69) is 17.9 Å². The van der Waals surface area contributed by atoms with Gasteiger partial charge in [-0.25, -0.2) is 0 Å².